The first-order valence-electron chi connectivity index (χ1n) is 3.28. The van der Waals surface area contributed by atoms with Crippen LogP contribution in [0.2, 0.25) is 0 Å². The van der Waals surface area contributed by atoms with Crippen molar-refractivity contribution in [3.8, 4) is 0 Å². The van der Waals surface area contributed by atoms with Crippen LogP contribution < -0.4 is 0 Å². The van der Waals surface area contributed by atoms with Gasteiger partial charge in [-0.2, -0.15) is 0 Å². The molecule has 0 bridgehead atoms. The van der Waals surface area contributed by atoms with Crippen LogP contribution in [0, 0.1) is 0 Å². The van der Waals surface area contributed by atoms with Gasteiger partial charge < -0.3 is 4.90 Å². The lowest BCUT2D eigenvalue weighted by Gasteiger charge is -2.16. The van der Waals surface area contributed by atoms with E-state index in [4.69, 9.17) is 23.2 Å². The van der Waals surface area contributed by atoms with E-state index in [-0.39, 0.29) is 0 Å². The van der Waals surface area contributed by atoms with Gasteiger partial charge in [-0.1, -0.05) is 0 Å². The second-order valence-electron chi connectivity index (χ2n) is 2.11. The lowest BCUT2D eigenvalue weighted by atomic mass is 10.5. The molecule has 1 aliphatic heterocycles. The van der Waals surface area contributed by atoms with E-state index >= 15 is 0 Å². The number of halogens is 2. The van der Waals surface area contributed by atoms with E-state index in [0.717, 1.165) is 25.5 Å². The van der Waals surface area contributed by atoms with Crippen LogP contribution >= 0.6 is 23.2 Å². The molecule has 1 aliphatic rings. The molecule has 0 saturated carbocycles. The molecule has 0 saturated heterocycles. The summed E-state index contributed by atoms with van der Waals surface area (Å²) in [5.41, 5.74) is 0. The summed E-state index contributed by atoms with van der Waals surface area (Å²) in [6, 6.07) is 0. The molecule has 4 heteroatoms. The molecular weight excluding hydrogens is 171 g/mol. The minimum Gasteiger partial charge on any atom is -0.356 e. The maximum Gasteiger partial charge on any atom is 0.114 e. The number of aliphatic imine (C=N–C) groups is 1. The first-order valence-corrected chi connectivity index (χ1v) is 4.35. The highest BCUT2D eigenvalue weighted by Crippen LogP contribution is 2.02. The van der Waals surface area contributed by atoms with Crippen LogP contribution in [0.5, 0.6) is 0 Å². The van der Waals surface area contributed by atoms with Gasteiger partial charge in [0.2, 0.25) is 0 Å². The fourth-order valence-corrected chi connectivity index (χ4v) is 1.46. The third kappa shape index (κ3) is 1.77. The second kappa shape index (κ2) is 4.04. The number of amidine groups is 1. The van der Waals surface area contributed by atoms with Crippen LogP contribution in [0.3, 0.4) is 0 Å². The van der Waals surface area contributed by atoms with Gasteiger partial charge in [-0.25, -0.2) is 0 Å². The lowest BCUT2D eigenvalue weighted by Crippen LogP contribution is -2.30. The number of hydrogen-bond donors (Lipinski definition) is 0. The van der Waals surface area contributed by atoms with Gasteiger partial charge in [-0.15, -0.1) is 23.2 Å². The standard InChI is InChI=1S/C6H10Cl2N2/c7-1-3-10-4-2-9-6(10)5-8/h1-5H2. The first kappa shape index (κ1) is 8.15. The van der Waals surface area contributed by atoms with Gasteiger partial charge in [0.15, 0.2) is 0 Å². The average molecular weight is 181 g/mol. The zero-order chi connectivity index (χ0) is 7.40. The quantitative estimate of drug-likeness (QED) is 0.597. The third-order valence-corrected chi connectivity index (χ3v) is 1.91. The molecule has 0 aromatic carbocycles. The van der Waals surface area contributed by atoms with Gasteiger partial charge >= 0.3 is 0 Å². The normalized spacial score (nSPS) is 17.8. The summed E-state index contributed by atoms with van der Waals surface area (Å²) in [4.78, 5) is 6.33. The Labute approximate surface area is 70.8 Å². The van der Waals surface area contributed by atoms with Gasteiger partial charge in [0.05, 0.1) is 12.4 Å². The summed E-state index contributed by atoms with van der Waals surface area (Å²) in [6.45, 7) is 2.72. The van der Waals surface area contributed by atoms with Gasteiger partial charge in [-0.05, 0) is 0 Å². The summed E-state index contributed by atoms with van der Waals surface area (Å²) in [5, 5.41) is 0. The van der Waals surface area contributed by atoms with Crippen molar-refractivity contribution in [2.45, 2.75) is 0 Å². The largest absolute Gasteiger partial charge is 0.356 e. The van der Waals surface area contributed by atoms with Gasteiger partial charge in [0.1, 0.15) is 5.84 Å². The predicted octanol–water partition coefficient (Wildman–Crippen LogP) is 1.18. The summed E-state index contributed by atoms with van der Waals surface area (Å²) in [7, 11) is 0. The van der Waals surface area contributed by atoms with E-state index in [1.165, 1.54) is 0 Å². The number of nitrogens with zero attached hydrogens (tertiary/aromatic N) is 2. The molecule has 0 radical (unpaired) electrons. The molecule has 1 heterocycles. The highest BCUT2D eigenvalue weighted by molar-refractivity contribution is 6.28. The van der Waals surface area contributed by atoms with E-state index in [1.54, 1.807) is 0 Å². The van der Waals surface area contributed by atoms with Crippen molar-refractivity contribution in [2.75, 3.05) is 31.4 Å². The van der Waals surface area contributed by atoms with E-state index in [9.17, 15) is 0 Å². The minimum absolute atomic E-state index is 0.511. The van der Waals surface area contributed by atoms with Crippen molar-refractivity contribution in [1.82, 2.24) is 4.90 Å². The van der Waals surface area contributed by atoms with Crippen LogP contribution in [0.15, 0.2) is 4.99 Å². The van der Waals surface area contributed by atoms with Crippen LogP contribution in [-0.2, 0) is 0 Å². The van der Waals surface area contributed by atoms with Crippen molar-refractivity contribution < 1.29 is 0 Å². The first-order chi connectivity index (χ1) is 4.88. The third-order valence-electron chi connectivity index (χ3n) is 1.50. The SMILES string of the molecule is ClCCN1CCN=C1CCl. The smallest absolute Gasteiger partial charge is 0.114 e. The summed E-state index contributed by atoms with van der Waals surface area (Å²) < 4.78 is 0. The Bertz CT molecular complexity index is 136. The Morgan fingerprint density at radius 3 is 2.90 bits per heavy atom. The topological polar surface area (TPSA) is 15.6 Å². The number of alkyl halides is 2. The van der Waals surface area contributed by atoms with Crippen LogP contribution in [0.1, 0.15) is 0 Å². The van der Waals surface area contributed by atoms with E-state index in [0.29, 0.717) is 11.8 Å². The highest BCUT2D eigenvalue weighted by atomic mass is 35.5. The predicted molar refractivity (Wildman–Crippen MR) is 45.3 cm³/mol. The summed E-state index contributed by atoms with van der Waals surface area (Å²) >= 11 is 11.2. The molecular formula is C6H10Cl2N2. The molecule has 0 atom stereocenters. The molecule has 0 spiro atoms. The molecule has 10 heavy (non-hydrogen) atoms. The zero-order valence-electron chi connectivity index (χ0n) is 5.69. The van der Waals surface area contributed by atoms with Crippen LogP contribution in [0.25, 0.3) is 0 Å². The van der Waals surface area contributed by atoms with Gasteiger partial charge in [0.25, 0.3) is 0 Å². The Hall–Kier alpha value is 0.0500. The number of rotatable bonds is 3. The van der Waals surface area contributed by atoms with E-state index in [2.05, 4.69) is 9.89 Å². The molecule has 2 nitrogen and oxygen atoms in total. The van der Waals surface area contributed by atoms with Crippen molar-refractivity contribution in [3.05, 3.63) is 0 Å². The average Bonchev–Trinajstić information content (AvgIpc) is 2.36. The Morgan fingerprint density at radius 2 is 2.30 bits per heavy atom. The van der Waals surface area contributed by atoms with Gasteiger partial charge in [0, 0.05) is 19.0 Å². The minimum atomic E-state index is 0.511. The second-order valence-corrected chi connectivity index (χ2v) is 2.75. The van der Waals surface area contributed by atoms with E-state index < -0.39 is 0 Å². The Morgan fingerprint density at radius 1 is 1.50 bits per heavy atom. The molecule has 0 amide bonds. The Kier molecular flexibility index (Phi) is 3.29. The van der Waals surface area contributed by atoms with Crippen molar-refractivity contribution in [2.24, 2.45) is 4.99 Å². The molecule has 0 aromatic rings. The summed E-state index contributed by atoms with van der Waals surface area (Å²) in [5.74, 6) is 2.15. The summed E-state index contributed by atoms with van der Waals surface area (Å²) in [6.07, 6.45) is 0. The maximum absolute atomic E-state index is 5.62. The van der Waals surface area contributed by atoms with Crippen LogP contribution in [-0.4, -0.2) is 42.1 Å². The van der Waals surface area contributed by atoms with Crippen molar-refractivity contribution in [1.29, 1.82) is 0 Å². The molecule has 58 valence electrons. The fourth-order valence-electron chi connectivity index (χ4n) is 0.998. The molecule has 0 aromatic heterocycles. The van der Waals surface area contributed by atoms with E-state index in [1.807, 2.05) is 0 Å². The van der Waals surface area contributed by atoms with Crippen molar-refractivity contribution in [3.63, 3.8) is 0 Å². The van der Waals surface area contributed by atoms with Crippen LogP contribution in [0.4, 0.5) is 0 Å². The van der Waals surface area contributed by atoms with Crippen molar-refractivity contribution >= 4 is 29.0 Å². The maximum atomic E-state index is 5.62. The fraction of sp³-hybridized carbons (Fsp3) is 0.833. The Balaban J connectivity index is 2.38. The zero-order valence-corrected chi connectivity index (χ0v) is 7.20. The molecule has 1 rings (SSSR count). The number of hydrogen-bond acceptors (Lipinski definition) is 2. The van der Waals surface area contributed by atoms with Gasteiger partial charge in [-0.3, -0.25) is 4.99 Å². The molecule has 0 unspecified atom stereocenters. The monoisotopic (exact) mass is 180 g/mol. The molecule has 0 fully saturated rings. The molecule has 0 aliphatic carbocycles. The molecule has 0 N–H and O–H groups in total. The highest BCUT2D eigenvalue weighted by Gasteiger charge is 2.13. The lowest BCUT2D eigenvalue weighted by molar-refractivity contribution is 0.484.